The number of carbonyl (C=O) groups excluding carboxylic acids is 1. The number of hydrogen-bond acceptors (Lipinski definition) is 4. The van der Waals surface area contributed by atoms with Gasteiger partial charge in [0.1, 0.15) is 0 Å². The summed E-state index contributed by atoms with van der Waals surface area (Å²) in [6.45, 7) is 7.12. The van der Waals surface area contributed by atoms with Crippen LogP contribution in [0.5, 0.6) is 0 Å². The molecule has 4 nitrogen and oxygen atoms in total. The molecule has 132 valence electrons. The number of fused-ring (bicyclic) bond motifs is 1. The minimum Gasteiger partial charge on any atom is -0.339 e. The molecule has 0 radical (unpaired) electrons. The van der Waals surface area contributed by atoms with E-state index in [-0.39, 0.29) is 5.91 Å². The van der Waals surface area contributed by atoms with Crippen LogP contribution in [0.15, 0.2) is 41.8 Å². The second-order valence-electron chi connectivity index (χ2n) is 6.97. The summed E-state index contributed by atoms with van der Waals surface area (Å²) in [5.74, 6) is 0.290. The highest BCUT2D eigenvalue weighted by Crippen LogP contribution is 2.23. The topological polar surface area (TPSA) is 26.8 Å². The maximum atomic E-state index is 12.6. The highest BCUT2D eigenvalue weighted by molar-refractivity contribution is 7.10. The maximum absolute atomic E-state index is 12.6. The van der Waals surface area contributed by atoms with Gasteiger partial charge in [0.05, 0.1) is 6.54 Å². The number of amides is 1. The molecule has 0 aliphatic carbocycles. The van der Waals surface area contributed by atoms with Gasteiger partial charge in [-0.15, -0.1) is 11.3 Å². The number of benzene rings is 1. The summed E-state index contributed by atoms with van der Waals surface area (Å²) in [5, 5.41) is 2.17. The van der Waals surface area contributed by atoms with Crippen LogP contribution in [0.2, 0.25) is 0 Å². The molecule has 4 rings (SSSR count). The number of nitrogens with zero attached hydrogens (tertiary/aromatic N) is 3. The molecule has 2 aliphatic heterocycles. The summed E-state index contributed by atoms with van der Waals surface area (Å²) in [4.78, 5) is 20.9. The van der Waals surface area contributed by atoms with Gasteiger partial charge in [-0.3, -0.25) is 14.6 Å². The van der Waals surface area contributed by atoms with Crippen molar-refractivity contribution in [2.24, 2.45) is 0 Å². The van der Waals surface area contributed by atoms with Crippen molar-refractivity contribution in [1.82, 2.24) is 14.7 Å². The fourth-order valence-electron chi connectivity index (χ4n) is 3.73. The second-order valence-corrected chi connectivity index (χ2v) is 7.97. The summed E-state index contributed by atoms with van der Waals surface area (Å²) in [7, 11) is 0. The van der Waals surface area contributed by atoms with Crippen LogP contribution in [-0.4, -0.2) is 59.9 Å². The van der Waals surface area contributed by atoms with Crippen LogP contribution >= 0.6 is 11.3 Å². The van der Waals surface area contributed by atoms with Crippen molar-refractivity contribution in [2.75, 3.05) is 39.3 Å². The number of rotatable bonds is 4. The lowest BCUT2D eigenvalue weighted by atomic mass is 10.1. The van der Waals surface area contributed by atoms with Crippen LogP contribution in [-0.2, 0) is 24.3 Å². The quantitative estimate of drug-likeness (QED) is 0.843. The Bertz CT molecular complexity index is 707. The van der Waals surface area contributed by atoms with Gasteiger partial charge in [0.25, 0.3) is 0 Å². The minimum absolute atomic E-state index is 0.290. The minimum atomic E-state index is 0.290. The first-order valence-electron chi connectivity index (χ1n) is 9.09. The molecule has 2 aromatic rings. The summed E-state index contributed by atoms with van der Waals surface area (Å²) in [5.41, 5.74) is 2.76. The Morgan fingerprint density at radius 1 is 0.960 bits per heavy atom. The van der Waals surface area contributed by atoms with Crippen molar-refractivity contribution < 1.29 is 4.79 Å². The maximum Gasteiger partial charge on any atom is 0.236 e. The molecule has 25 heavy (non-hydrogen) atoms. The molecule has 1 fully saturated rings. The third-order valence-electron chi connectivity index (χ3n) is 5.22. The average Bonchev–Trinajstić information content (AvgIpc) is 3.11. The van der Waals surface area contributed by atoms with Gasteiger partial charge in [-0.1, -0.05) is 30.3 Å². The van der Waals surface area contributed by atoms with E-state index in [2.05, 4.69) is 51.6 Å². The Labute approximate surface area is 153 Å². The van der Waals surface area contributed by atoms with Gasteiger partial charge in [0.15, 0.2) is 0 Å². The van der Waals surface area contributed by atoms with Crippen molar-refractivity contribution in [3.8, 4) is 0 Å². The zero-order chi connectivity index (χ0) is 17.1. The van der Waals surface area contributed by atoms with E-state index in [0.717, 1.165) is 52.2 Å². The Morgan fingerprint density at radius 3 is 2.56 bits per heavy atom. The van der Waals surface area contributed by atoms with E-state index in [9.17, 15) is 4.79 Å². The first-order valence-corrected chi connectivity index (χ1v) is 9.97. The van der Waals surface area contributed by atoms with Gasteiger partial charge in [-0.05, 0) is 29.0 Å². The summed E-state index contributed by atoms with van der Waals surface area (Å²) >= 11 is 1.85. The number of carbonyl (C=O) groups is 1. The Kier molecular flexibility index (Phi) is 5.15. The molecule has 0 spiro atoms. The number of thiophene rings is 1. The largest absolute Gasteiger partial charge is 0.339 e. The van der Waals surface area contributed by atoms with Gasteiger partial charge in [-0.2, -0.15) is 0 Å². The number of piperazine rings is 1. The molecule has 0 saturated carbocycles. The van der Waals surface area contributed by atoms with Crippen molar-refractivity contribution in [1.29, 1.82) is 0 Å². The van der Waals surface area contributed by atoms with E-state index in [1.165, 1.54) is 16.0 Å². The van der Waals surface area contributed by atoms with Crippen LogP contribution in [0.1, 0.15) is 16.0 Å². The predicted octanol–water partition coefficient (Wildman–Crippen LogP) is 2.45. The molecule has 0 bridgehead atoms. The van der Waals surface area contributed by atoms with Crippen molar-refractivity contribution in [3.63, 3.8) is 0 Å². The van der Waals surface area contributed by atoms with Crippen molar-refractivity contribution >= 4 is 17.2 Å². The molecule has 3 heterocycles. The summed E-state index contributed by atoms with van der Waals surface area (Å²) < 4.78 is 0. The van der Waals surface area contributed by atoms with Gasteiger partial charge in [-0.25, -0.2) is 0 Å². The molecule has 0 unspecified atom stereocenters. The van der Waals surface area contributed by atoms with Crippen LogP contribution in [0, 0.1) is 0 Å². The lowest BCUT2D eigenvalue weighted by molar-refractivity contribution is -0.134. The first-order chi connectivity index (χ1) is 12.3. The van der Waals surface area contributed by atoms with Crippen LogP contribution in [0.25, 0.3) is 0 Å². The van der Waals surface area contributed by atoms with E-state index in [0.29, 0.717) is 6.54 Å². The molecular weight excluding hydrogens is 330 g/mol. The first kappa shape index (κ1) is 16.8. The molecule has 0 N–H and O–H groups in total. The van der Waals surface area contributed by atoms with Gasteiger partial charge in [0.2, 0.25) is 5.91 Å². The van der Waals surface area contributed by atoms with E-state index >= 15 is 0 Å². The summed E-state index contributed by atoms with van der Waals surface area (Å²) in [6, 6.07) is 12.8. The van der Waals surface area contributed by atoms with E-state index in [1.807, 2.05) is 16.2 Å². The molecule has 1 amide bonds. The molecule has 0 atom stereocenters. The zero-order valence-corrected chi connectivity index (χ0v) is 15.4. The van der Waals surface area contributed by atoms with Crippen molar-refractivity contribution in [2.45, 2.75) is 19.5 Å². The summed E-state index contributed by atoms with van der Waals surface area (Å²) in [6.07, 6.45) is 1.09. The lowest BCUT2D eigenvalue weighted by Gasteiger charge is -2.36. The van der Waals surface area contributed by atoms with E-state index < -0.39 is 0 Å². The molecule has 1 saturated heterocycles. The smallest absolute Gasteiger partial charge is 0.236 e. The van der Waals surface area contributed by atoms with Gasteiger partial charge < -0.3 is 4.90 Å². The fraction of sp³-hybridized carbons (Fsp3) is 0.450. The standard InChI is InChI=1S/C20H25N3OS/c24-20(16-22-8-6-19-18(15-22)7-13-25-19)23-11-9-21(10-12-23)14-17-4-2-1-3-5-17/h1-5,7,13H,6,8-12,14-16H2. The highest BCUT2D eigenvalue weighted by Gasteiger charge is 2.24. The SMILES string of the molecule is O=C(CN1CCc2sccc2C1)N1CCN(Cc2ccccc2)CC1. The van der Waals surface area contributed by atoms with Crippen LogP contribution in [0.3, 0.4) is 0 Å². The average molecular weight is 356 g/mol. The molecule has 1 aromatic heterocycles. The Balaban J connectivity index is 1.24. The molecule has 5 heteroatoms. The lowest BCUT2D eigenvalue weighted by Crippen LogP contribution is -2.51. The fourth-order valence-corrected chi connectivity index (χ4v) is 4.62. The number of hydrogen-bond donors (Lipinski definition) is 0. The second kappa shape index (κ2) is 7.68. The van der Waals surface area contributed by atoms with Crippen LogP contribution in [0.4, 0.5) is 0 Å². The Morgan fingerprint density at radius 2 is 1.76 bits per heavy atom. The Hall–Kier alpha value is -1.69. The van der Waals surface area contributed by atoms with Gasteiger partial charge >= 0.3 is 0 Å². The third-order valence-corrected chi connectivity index (χ3v) is 6.24. The van der Waals surface area contributed by atoms with Gasteiger partial charge in [0, 0.05) is 50.7 Å². The molecular formula is C20H25N3OS. The zero-order valence-electron chi connectivity index (χ0n) is 14.6. The normalized spacial score (nSPS) is 19.0. The highest BCUT2D eigenvalue weighted by atomic mass is 32.1. The third kappa shape index (κ3) is 4.11. The van der Waals surface area contributed by atoms with E-state index in [1.54, 1.807) is 0 Å². The van der Waals surface area contributed by atoms with Crippen molar-refractivity contribution in [3.05, 3.63) is 57.8 Å². The molecule has 2 aliphatic rings. The molecule has 1 aromatic carbocycles. The van der Waals surface area contributed by atoms with E-state index in [4.69, 9.17) is 0 Å². The predicted molar refractivity (Wildman–Crippen MR) is 102 cm³/mol. The van der Waals surface area contributed by atoms with Crippen LogP contribution < -0.4 is 0 Å². The monoisotopic (exact) mass is 355 g/mol.